The van der Waals surface area contributed by atoms with Crippen molar-refractivity contribution in [2.75, 3.05) is 0 Å². The molecule has 62 valence electrons. The second-order valence-corrected chi connectivity index (χ2v) is 3.06. The highest BCUT2D eigenvalue weighted by Crippen LogP contribution is 2.27. The van der Waals surface area contributed by atoms with Crippen molar-refractivity contribution in [2.24, 2.45) is 5.92 Å². The van der Waals surface area contributed by atoms with Gasteiger partial charge < -0.3 is 0 Å². The smallest absolute Gasteiger partial charge is 0.213 e. The summed E-state index contributed by atoms with van der Waals surface area (Å²) in [6.45, 7) is 1.51. The van der Waals surface area contributed by atoms with Crippen molar-refractivity contribution in [1.29, 1.82) is 0 Å². The molecule has 0 N–H and O–H groups in total. The average molecular weight is 157 g/mol. The van der Waals surface area contributed by atoms with E-state index in [1.807, 2.05) is 0 Å². The second kappa shape index (κ2) is 2.98. The summed E-state index contributed by atoms with van der Waals surface area (Å²) >= 11 is 0. The molecule has 0 aromatic rings. The van der Waals surface area contributed by atoms with E-state index in [2.05, 4.69) is 0 Å². The fourth-order valence-corrected chi connectivity index (χ4v) is 1.52. The molecule has 4 nitrogen and oxygen atoms in total. The van der Waals surface area contributed by atoms with Crippen LogP contribution in [0, 0.1) is 16.0 Å². The molecule has 0 radical (unpaired) electrons. The lowest BCUT2D eigenvalue weighted by Crippen LogP contribution is -2.16. The van der Waals surface area contributed by atoms with Gasteiger partial charge in [-0.05, 0) is 13.3 Å². The number of nitro groups is 1. The van der Waals surface area contributed by atoms with E-state index in [0.29, 0.717) is 19.3 Å². The van der Waals surface area contributed by atoms with E-state index in [4.69, 9.17) is 0 Å². The van der Waals surface area contributed by atoms with E-state index in [1.165, 1.54) is 6.92 Å². The van der Waals surface area contributed by atoms with E-state index in [0.717, 1.165) is 0 Å². The zero-order valence-corrected chi connectivity index (χ0v) is 6.45. The Kier molecular flexibility index (Phi) is 2.22. The highest BCUT2D eigenvalue weighted by molar-refractivity contribution is 5.78. The molecule has 0 spiro atoms. The van der Waals surface area contributed by atoms with Gasteiger partial charge in [-0.15, -0.1) is 0 Å². The zero-order valence-electron chi connectivity index (χ0n) is 6.45. The highest BCUT2D eigenvalue weighted by atomic mass is 16.6. The normalized spacial score (nSPS) is 30.3. The van der Waals surface area contributed by atoms with Gasteiger partial charge in [0.15, 0.2) is 0 Å². The number of ketones is 1. The lowest BCUT2D eigenvalue weighted by atomic mass is 10.0. The molecule has 4 heteroatoms. The molecule has 2 unspecified atom stereocenters. The number of nitrogens with zero attached hydrogens (tertiary/aromatic N) is 1. The Balaban J connectivity index is 2.47. The van der Waals surface area contributed by atoms with Gasteiger partial charge in [0.1, 0.15) is 5.78 Å². The third kappa shape index (κ3) is 1.76. The third-order valence-electron chi connectivity index (χ3n) is 2.28. The van der Waals surface area contributed by atoms with Gasteiger partial charge in [0, 0.05) is 23.7 Å². The summed E-state index contributed by atoms with van der Waals surface area (Å²) in [6, 6.07) is -0.469. The summed E-state index contributed by atoms with van der Waals surface area (Å²) < 4.78 is 0. The molecule has 2 atom stereocenters. The summed E-state index contributed by atoms with van der Waals surface area (Å²) in [4.78, 5) is 20.8. The number of Topliss-reactive ketones (excluding diaryl/α,β-unsaturated/α-hetero) is 1. The maximum absolute atomic E-state index is 10.8. The second-order valence-electron chi connectivity index (χ2n) is 3.06. The van der Waals surface area contributed by atoms with Gasteiger partial charge in [-0.2, -0.15) is 0 Å². The van der Waals surface area contributed by atoms with Crippen LogP contribution in [-0.2, 0) is 4.79 Å². The minimum Gasteiger partial charge on any atom is -0.300 e. The number of carbonyl (C=O) groups is 1. The van der Waals surface area contributed by atoms with E-state index in [-0.39, 0.29) is 16.6 Å². The van der Waals surface area contributed by atoms with E-state index >= 15 is 0 Å². The van der Waals surface area contributed by atoms with Crippen LogP contribution in [0.15, 0.2) is 0 Å². The summed E-state index contributed by atoms with van der Waals surface area (Å²) in [5.41, 5.74) is 0. The minimum absolute atomic E-state index is 0.0506. The van der Waals surface area contributed by atoms with Crippen LogP contribution >= 0.6 is 0 Å². The Morgan fingerprint density at radius 2 is 2.18 bits per heavy atom. The predicted molar refractivity (Wildman–Crippen MR) is 38.8 cm³/mol. The Hall–Kier alpha value is -0.930. The van der Waals surface area contributed by atoms with Crippen LogP contribution in [0.1, 0.15) is 26.2 Å². The number of hydrogen-bond acceptors (Lipinski definition) is 3. The molecule has 11 heavy (non-hydrogen) atoms. The van der Waals surface area contributed by atoms with Crippen molar-refractivity contribution in [3.63, 3.8) is 0 Å². The molecule has 1 saturated carbocycles. The van der Waals surface area contributed by atoms with E-state index < -0.39 is 6.04 Å². The number of hydrogen-bond donors (Lipinski definition) is 0. The van der Waals surface area contributed by atoms with Crippen molar-refractivity contribution in [3.05, 3.63) is 10.1 Å². The Morgan fingerprint density at radius 1 is 1.55 bits per heavy atom. The lowest BCUT2D eigenvalue weighted by Gasteiger charge is -2.01. The molecule has 0 bridgehead atoms. The maximum Gasteiger partial charge on any atom is 0.213 e. The lowest BCUT2D eigenvalue weighted by molar-refractivity contribution is -0.520. The van der Waals surface area contributed by atoms with Crippen molar-refractivity contribution in [1.82, 2.24) is 0 Å². The number of carbonyl (C=O) groups excluding carboxylic acids is 1. The first-order valence-electron chi connectivity index (χ1n) is 3.75. The Morgan fingerprint density at radius 3 is 2.45 bits per heavy atom. The number of rotatable bonds is 2. The topological polar surface area (TPSA) is 60.2 Å². The third-order valence-corrected chi connectivity index (χ3v) is 2.28. The molecule has 1 aliphatic rings. The quantitative estimate of drug-likeness (QED) is 0.444. The van der Waals surface area contributed by atoms with Crippen LogP contribution in [-0.4, -0.2) is 16.7 Å². The van der Waals surface area contributed by atoms with Crippen molar-refractivity contribution in [2.45, 2.75) is 32.2 Å². The van der Waals surface area contributed by atoms with Gasteiger partial charge in [-0.3, -0.25) is 14.9 Å². The first-order valence-corrected chi connectivity index (χ1v) is 3.75. The molecule has 0 aromatic heterocycles. The van der Waals surface area contributed by atoms with Crippen LogP contribution in [0.2, 0.25) is 0 Å². The molecule has 0 aromatic carbocycles. The molecule has 0 heterocycles. The zero-order chi connectivity index (χ0) is 8.43. The Bertz CT molecular complexity index is 170. The van der Waals surface area contributed by atoms with Crippen LogP contribution in [0.3, 0.4) is 0 Å². The van der Waals surface area contributed by atoms with Crippen molar-refractivity contribution >= 4 is 5.78 Å². The summed E-state index contributed by atoms with van der Waals surface area (Å²) in [5.74, 6) is 0.0414. The maximum atomic E-state index is 10.8. The van der Waals surface area contributed by atoms with Crippen molar-refractivity contribution in [3.8, 4) is 0 Å². The van der Waals surface area contributed by atoms with E-state index in [9.17, 15) is 14.9 Å². The van der Waals surface area contributed by atoms with Crippen LogP contribution in [0.5, 0.6) is 0 Å². The standard InChI is InChI=1S/C7H11NO3/c1-5(9)6-2-3-7(4-6)8(10)11/h6-7H,2-4H2,1H3. The molecule has 0 amide bonds. The minimum atomic E-state index is -0.469. The van der Waals surface area contributed by atoms with Gasteiger partial charge in [0.2, 0.25) is 6.04 Å². The SMILES string of the molecule is CC(=O)C1CCC([N+](=O)[O-])C1. The predicted octanol–water partition coefficient (Wildman–Crippen LogP) is 1.02. The highest BCUT2D eigenvalue weighted by Gasteiger charge is 2.34. The molecular weight excluding hydrogens is 146 g/mol. The summed E-state index contributed by atoms with van der Waals surface area (Å²) in [5, 5.41) is 10.3. The van der Waals surface area contributed by atoms with E-state index in [1.54, 1.807) is 0 Å². The van der Waals surface area contributed by atoms with Gasteiger partial charge in [-0.1, -0.05) is 0 Å². The first kappa shape index (κ1) is 8.17. The molecule has 1 rings (SSSR count). The molecule has 0 aliphatic heterocycles. The van der Waals surface area contributed by atoms with Crippen LogP contribution < -0.4 is 0 Å². The summed E-state index contributed by atoms with van der Waals surface area (Å²) in [6.07, 6.45) is 1.71. The Labute approximate surface area is 64.7 Å². The molecule has 1 fully saturated rings. The van der Waals surface area contributed by atoms with Gasteiger partial charge in [0.05, 0.1) is 0 Å². The fraction of sp³-hybridized carbons (Fsp3) is 0.857. The van der Waals surface area contributed by atoms with Gasteiger partial charge in [0.25, 0.3) is 0 Å². The van der Waals surface area contributed by atoms with Gasteiger partial charge >= 0.3 is 0 Å². The van der Waals surface area contributed by atoms with Crippen LogP contribution in [0.25, 0.3) is 0 Å². The van der Waals surface area contributed by atoms with Gasteiger partial charge in [-0.25, -0.2) is 0 Å². The molecular formula is C7H11NO3. The molecule has 1 aliphatic carbocycles. The summed E-state index contributed by atoms with van der Waals surface area (Å²) in [7, 11) is 0. The van der Waals surface area contributed by atoms with Crippen LogP contribution in [0.4, 0.5) is 0 Å². The molecule has 0 saturated heterocycles. The largest absolute Gasteiger partial charge is 0.300 e. The first-order chi connectivity index (χ1) is 5.11. The van der Waals surface area contributed by atoms with Crippen molar-refractivity contribution < 1.29 is 9.72 Å². The fourth-order valence-electron chi connectivity index (χ4n) is 1.52. The average Bonchev–Trinajstić information content (AvgIpc) is 2.33. The monoisotopic (exact) mass is 157 g/mol.